The Kier molecular flexibility index (Phi) is 6.37. The fourth-order valence-corrected chi connectivity index (χ4v) is 5.95. The van der Waals surface area contributed by atoms with Crippen LogP contribution in [-0.2, 0) is 28.7 Å². The maximum absolute atomic E-state index is 12.7. The van der Waals surface area contributed by atoms with Gasteiger partial charge in [-0.15, -0.1) is 0 Å². The highest BCUT2D eigenvalue weighted by atomic mass is 35.5. The Morgan fingerprint density at radius 1 is 1.07 bits per heavy atom. The molecular formula is C22H23ClN2O2S2. The van der Waals surface area contributed by atoms with Crippen LogP contribution in [0.15, 0.2) is 65.4 Å². The SMILES string of the molecule is O=S(=O)(Cc1ccccc1Cl)NCC(c1ccsc1)N1CCc2ccccc2C1. The average Bonchev–Trinajstić information content (AvgIpc) is 3.24. The van der Waals surface area contributed by atoms with Crippen LogP contribution in [0.3, 0.4) is 0 Å². The standard InChI is InChI=1S/C22H23ClN2O2S2/c23-21-8-4-3-7-20(21)16-29(26,27)24-13-22(19-10-12-28-15-19)25-11-9-17-5-1-2-6-18(17)14-25/h1-8,10,12,15,22,24H,9,11,13-14,16H2. The van der Waals surface area contributed by atoms with E-state index in [0.29, 0.717) is 17.1 Å². The lowest BCUT2D eigenvalue weighted by atomic mass is 9.97. The first-order valence-corrected chi connectivity index (χ1v) is 12.5. The molecule has 1 aliphatic rings. The Balaban J connectivity index is 1.49. The Morgan fingerprint density at radius 3 is 2.59 bits per heavy atom. The van der Waals surface area contributed by atoms with Crippen LogP contribution in [0.5, 0.6) is 0 Å². The van der Waals surface area contributed by atoms with Crippen molar-refractivity contribution in [2.45, 2.75) is 24.8 Å². The van der Waals surface area contributed by atoms with Crippen molar-refractivity contribution in [1.29, 1.82) is 0 Å². The highest BCUT2D eigenvalue weighted by Gasteiger charge is 2.26. The number of sulfonamides is 1. The predicted octanol–water partition coefficient (Wildman–Crippen LogP) is 4.62. The number of halogens is 1. The first-order valence-electron chi connectivity index (χ1n) is 9.55. The average molecular weight is 447 g/mol. The molecule has 1 N–H and O–H groups in total. The number of fused-ring (bicyclic) bond motifs is 1. The molecule has 7 heteroatoms. The summed E-state index contributed by atoms with van der Waals surface area (Å²) in [5, 5.41) is 4.62. The molecular weight excluding hydrogens is 424 g/mol. The van der Waals surface area contributed by atoms with Crippen molar-refractivity contribution in [3.05, 3.63) is 92.6 Å². The van der Waals surface area contributed by atoms with Crippen molar-refractivity contribution in [2.75, 3.05) is 13.1 Å². The van der Waals surface area contributed by atoms with Gasteiger partial charge in [0.2, 0.25) is 10.0 Å². The molecule has 0 bridgehead atoms. The second kappa shape index (κ2) is 8.98. The van der Waals surface area contributed by atoms with Gasteiger partial charge >= 0.3 is 0 Å². The minimum Gasteiger partial charge on any atom is -0.290 e. The second-order valence-electron chi connectivity index (χ2n) is 7.26. The largest absolute Gasteiger partial charge is 0.290 e. The van der Waals surface area contributed by atoms with Crippen LogP contribution in [0.1, 0.15) is 28.3 Å². The number of nitrogens with one attached hydrogen (secondary N) is 1. The van der Waals surface area contributed by atoms with Gasteiger partial charge in [-0.25, -0.2) is 13.1 Å². The Morgan fingerprint density at radius 2 is 1.83 bits per heavy atom. The van der Waals surface area contributed by atoms with E-state index in [1.54, 1.807) is 35.6 Å². The summed E-state index contributed by atoms with van der Waals surface area (Å²) in [6.45, 7) is 2.07. The van der Waals surface area contributed by atoms with E-state index < -0.39 is 10.0 Å². The molecule has 0 fully saturated rings. The molecule has 4 rings (SSSR count). The maximum Gasteiger partial charge on any atom is 0.215 e. The third-order valence-electron chi connectivity index (χ3n) is 5.33. The fourth-order valence-electron chi connectivity index (χ4n) is 3.78. The number of benzene rings is 2. The summed E-state index contributed by atoms with van der Waals surface area (Å²) in [6.07, 6.45) is 0.975. The quantitative estimate of drug-likeness (QED) is 0.576. The summed E-state index contributed by atoms with van der Waals surface area (Å²) in [6, 6.07) is 17.6. The smallest absolute Gasteiger partial charge is 0.215 e. The van der Waals surface area contributed by atoms with E-state index in [9.17, 15) is 8.42 Å². The van der Waals surface area contributed by atoms with Crippen molar-refractivity contribution < 1.29 is 8.42 Å². The first-order chi connectivity index (χ1) is 14.0. The van der Waals surface area contributed by atoms with Gasteiger partial charge in [-0.1, -0.05) is 54.1 Å². The minimum absolute atomic E-state index is 0.00405. The van der Waals surface area contributed by atoms with E-state index in [2.05, 4.69) is 45.3 Å². The topological polar surface area (TPSA) is 49.4 Å². The van der Waals surface area contributed by atoms with Crippen LogP contribution < -0.4 is 4.72 Å². The van der Waals surface area contributed by atoms with Gasteiger partial charge in [-0.2, -0.15) is 11.3 Å². The summed E-state index contributed by atoms with van der Waals surface area (Å²) < 4.78 is 28.3. The Bertz CT molecular complexity index is 1070. The van der Waals surface area contributed by atoms with Gasteiger partial charge < -0.3 is 0 Å². The van der Waals surface area contributed by atoms with Crippen molar-refractivity contribution >= 4 is 33.0 Å². The normalized spacial score (nSPS) is 15.8. The van der Waals surface area contributed by atoms with Crippen LogP contribution in [0, 0.1) is 0 Å². The summed E-state index contributed by atoms with van der Waals surface area (Å²) in [5.74, 6) is -0.119. The molecule has 0 saturated heterocycles. The maximum atomic E-state index is 12.7. The van der Waals surface area contributed by atoms with E-state index in [-0.39, 0.29) is 11.8 Å². The van der Waals surface area contributed by atoms with Gasteiger partial charge in [0.25, 0.3) is 0 Å². The van der Waals surface area contributed by atoms with Gasteiger partial charge in [0.15, 0.2) is 0 Å². The fraction of sp³-hybridized carbons (Fsp3) is 0.273. The minimum atomic E-state index is -3.50. The molecule has 2 aromatic carbocycles. The number of thiophene rings is 1. The molecule has 0 saturated carbocycles. The number of rotatable bonds is 7. The molecule has 1 unspecified atom stereocenters. The number of hydrogen-bond acceptors (Lipinski definition) is 4. The molecule has 152 valence electrons. The van der Waals surface area contributed by atoms with E-state index in [1.807, 2.05) is 5.38 Å². The number of hydrogen-bond donors (Lipinski definition) is 1. The van der Waals surface area contributed by atoms with Crippen LogP contribution in [0.4, 0.5) is 0 Å². The van der Waals surface area contributed by atoms with Gasteiger partial charge in [0.1, 0.15) is 0 Å². The van der Waals surface area contributed by atoms with Gasteiger partial charge in [-0.3, -0.25) is 4.90 Å². The van der Waals surface area contributed by atoms with E-state index >= 15 is 0 Å². The summed E-state index contributed by atoms with van der Waals surface area (Å²) in [5.41, 5.74) is 4.46. The van der Waals surface area contributed by atoms with Crippen LogP contribution in [-0.4, -0.2) is 26.4 Å². The summed E-state index contributed by atoms with van der Waals surface area (Å²) in [7, 11) is -3.50. The molecule has 0 aliphatic carbocycles. The molecule has 0 spiro atoms. The monoisotopic (exact) mass is 446 g/mol. The zero-order chi connectivity index (χ0) is 20.3. The van der Waals surface area contributed by atoms with Gasteiger partial charge in [0, 0.05) is 30.7 Å². The zero-order valence-corrected chi connectivity index (χ0v) is 18.3. The molecule has 4 nitrogen and oxygen atoms in total. The molecule has 3 aromatic rings. The molecule has 1 aliphatic heterocycles. The Hall–Kier alpha value is -1.70. The summed E-state index contributed by atoms with van der Waals surface area (Å²) in [4.78, 5) is 2.36. The third-order valence-corrected chi connectivity index (χ3v) is 7.70. The molecule has 1 aromatic heterocycles. The highest BCUT2D eigenvalue weighted by Crippen LogP contribution is 2.29. The number of nitrogens with zero attached hydrogens (tertiary/aromatic N) is 1. The highest BCUT2D eigenvalue weighted by molar-refractivity contribution is 7.88. The van der Waals surface area contributed by atoms with Crippen LogP contribution in [0.25, 0.3) is 0 Å². The van der Waals surface area contributed by atoms with Gasteiger partial charge in [-0.05, 0) is 51.6 Å². The van der Waals surface area contributed by atoms with Crippen LogP contribution in [0.2, 0.25) is 5.02 Å². The molecule has 1 atom stereocenters. The molecule has 2 heterocycles. The lowest BCUT2D eigenvalue weighted by molar-refractivity contribution is 0.180. The zero-order valence-electron chi connectivity index (χ0n) is 15.9. The summed E-state index contributed by atoms with van der Waals surface area (Å²) >= 11 is 7.78. The van der Waals surface area contributed by atoms with Crippen LogP contribution >= 0.6 is 22.9 Å². The van der Waals surface area contributed by atoms with E-state index in [0.717, 1.165) is 25.1 Å². The molecule has 0 radical (unpaired) electrons. The Labute approximate surface area is 181 Å². The lowest BCUT2D eigenvalue weighted by Crippen LogP contribution is -2.40. The predicted molar refractivity (Wildman–Crippen MR) is 120 cm³/mol. The third kappa shape index (κ3) is 5.08. The van der Waals surface area contributed by atoms with Crippen molar-refractivity contribution in [1.82, 2.24) is 9.62 Å². The lowest BCUT2D eigenvalue weighted by Gasteiger charge is -2.35. The second-order valence-corrected chi connectivity index (χ2v) is 10.3. The first kappa shape index (κ1) is 20.6. The molecule has 0 amide bonds. The van der Waals surface area contributed by atoms with E-state index in [4.69, 9.17) is 11.6 Å². The van der Waals surface area contributed by atoms with Crippen molar-refractivity contribution in [2.24, 2.45) is 0 Å². The van der Waals surface area contributed by atoms with E-state index in [1.165, 1.54) is 11.1 Å². The van der Waals surface area contributed by atoms with Crippen molar-refractivity contribution in [3.63, 3.8) is 0 Å². The van der Waals surface area contributed by atoms with Gasteiger partial charge in [0.05, 0.1) is 5.75 Å². The molecule has 29 heavy (non-hydrogen) atoms. The van der Waals surface area contributed by atoms with Crippen molar-refractivity contribution in [3.8, 4) is 0 Å².